The number of carbonyl (C=O) groups excluding carboxylic acids is 1. The number of amides is 1. The van der Waals surface area contributed by atoms with Crippen LogP contribution in [0.4, 0.5) is 4.39 Å². The molecule has 0 fully saturated rings. The van der Waals surface area contributed by atoms with E-state index in [1.807, 2.05) is 54.1 Å². The van der Waals surface area contributed by atoms with Gasteiger partial charge in [-0.25, -0.2) is 4.39 Å². The van der Waals surface area contributed by atoms with Crippen LogP contribution >= 0.6 is 0 Å². The summed E-state index contributed by atoms with van der Waals surface area (Å²) in [5.74, 6) is -0.440. The number of carbonyl (C=O) groups is 1. The lowest BCUT2D eigenvalue weighted by molar-refractivity contribution is 0.0729. The Morgan fingerprint density at radius 2 is 1.94 bits per heavy atom. The minimum atomic E-state index is -0.597. The van der Waals surface area contributed by atoms with Crippen molar-refractivity contribution in [1.82, 2.24) is 19.7 Å². The minimum absolute atomic E-state index is 0.116. The van der Waals surface area contributed by atoms with Crippen molar-refractivity contribution < 1.29 is 9.18 Å². The molecule has 0 unspecified atom stereocenters. The number of aryl methyl sites for hydroxylation is 2. The van der Waals surface area contributed by atoms with Crippen molar-refractivity contribution in [2.45, 2.75) is 18.8 Å². The highest BCUT2D eigenvalue weighted by Gasteiger charge is 2.43. The molecule has 0 N–H and O–H groups in total. The fourth-order valence-corrected chi connectivity index (χ4v) is 4.54. The predicted molar refractivity (Wildman–Crippen MR) is 124 cm³/mol. The van der Waals surface area contributed by atoms with Crippen molar-refractivity contribution in [2.75, 3.05) is 0 Å². The topological polar surface area (TPSA) is 51.0 Å². The predicted octanol–water partition coefficient (Wildman–Crippen LogP) is 2.12. The van der Waals surface area contributed by atoms with Crippen LogP contribution in [0.3, 0.4) is 0 Å². The Morgan fingerprint density at radius 3 is 2.68 bits per heavy atom. The Balaban J connectivity index is 1.49. The first-order valence-electron chi connectivity index (χ1n) is 10.3. The lowest BCUT2D eigenvalue weighted by Crippen LogP contribution is -2.44. The molecule has 0 bridgehead atoms. The molecule has 0 aliphatic carbocycles. The maximum absolute atomic E-state index is 15.2. The summed E-state index contributed by atoms with van der Waals surface area (Å²) in [7, 11) is 5.79. The second-order valence-electron chi connectivity index (χ2n) is 8.63. The first-order chi connectivity index (χ1) is 14.8. The van der Waals surface area contributed by atoms with E-state index in [0.29, 0.717) is 11.1 Å². The van der Waals surface area contributed by atoms with Crippen LogP contribution in [-0.2, 0) is 18.9 Å². The highest BCUT2D eigenvalue weighted by Crippen LogP contribution is 2.35. The lowest BCUT2D eigenvalue weighted by Gasteiger charge is -2.32. The van der Waals surface area contributed by atoms with Crippen LogP contribution in [0.1, 0.15) is 27.2 Å². The number of hydrogen-bond acceptors (Lipinski definition) is 3. The van der Waals surface area contributed by atoms with Crippen LogP contribution in [0.2, 0.25) is 0 Å². The van der Waals surface area contributed by atoms with Gasteiger partial charge in [0.05, 0.1) is 16.8 Å². The molecule has 2 aromatic carbocycles. The number of halogens is 1. The molecule has 3 heterocycles. The highest BCUT2D eigenvalue weighted by molar-refractivity contribution is 6.42. The van der Waals surface area contributed by atoms with E-state index in [4.69, 9.17) is 0 Å². The molecule has 8 heteroatoms. The van der Waals surface area contributed by atoms with Gasteiger partial charge in [-0.1, -0.05) is 18.2 Å². The Morgan fingerprint density at radius 1 is 1.13 bits per heavy atom. The summed E-state index contributed by atoms with van der Waals surface area (Å²) in [6, 6.07) is 12.7. The number of rotatable bonds is 3. The maximum atomic E-state index is 15.2. The van der Waals surface area contributed by atoms with Crippen LogP contribution in [-0.4, -0.2) is 41.3 Å². The summed E-state index contributed by atoms with van der Waals surface area (Å²) in [6.07, 6.45) is 3.67. The standard InChI is InChI=1S/C23H21B2FN4O/c1-13-16(7-8-20-18(13)12-29(2)28-20)14-5-6-15(19(26)10-14)11-30-22(31)17-4-3-9-27-21(17)23(30,24)25/h3-10,12H,11,24-25H2,1-2H3. The molecule has 2 aromatic heterocycles. The number of pyridine rings is 1. The number of nitrogens with zero attached hydrogens (tertiary/aromatic N) is 4. The summed E-state index contributed by atoms with van der Waals surface area (Å²) in [5.41, 5.74) is 5.57. The van der Waals surface area contributed by atoms with Crippen molar-refractivity contribution in [1.29, 1.82) is 0 Å². The van der Waals surface area contributed by atoms with Gasteiger partial charge in [0.25, 0.3) is 5.91 Å². The van der Waals surface area contributed by atoms with Gasteiger partial charge < -0.3 is 4.90 Å². The van der Waals surface area contributed by atoms with Crippen LogP contribution in [0.5, 0.6) is 0 Å². The minimum Gasteiger partial charge on any atom is -0.339 e. The zero-order valence-corrected chi connectivity index (χ0v) is 18.0. The number of aromatic nitrogens is 3. The van der Waals surface area contributed by atoms with E-state index in [9.17, 15) is 4.79 Å². The second kappa shape index (κ2) is 6.80. The fourth-order valence-electron chi connectivity index (χ4n) is 4.54. The van der Waals surface area contributed by atoms with Crippen LogP contribution < -0.4 is 0 Å². The Kier molecular flexibility index (Phi) is 4.29. The summed E-state index contributed by atoms with van der Waals surface area (Å²) in [6.45, 7) is 2.22. The number of fused-ring (bicyclic) bond motifs is 2. The molecule has 152 valence electrons. The Hall–Kier alpha value is -3.41. The van der Waals surface area contributed by atoms with Gasteiger partial charge in [-0.05, 0) is 47.9 Å². The largest absolute Gasteiger partial charge is 0.339 e. The van der Waals surface area contributed by atoms with Gasteiger partial charge >= 0.3 is 0 Å². The molecule has 0 saturated carbocycles. The van der Waals surface area contributed by atoms with E-state index in [-0.39, 0.29) is 18.3 Å². The van der Waals surface area contributed by atoms with Crippen molar-refractivity contribution >= 4 is 32.5 Å². The van der Waals surface area contributed by atoms with Crippen LogP contribution in [0.15, 0.2) is 54.9 Å². The zero-order chi connectivity index (χ0) is 21.9. The molecule has 5 nitrogen and oxygen atoms in total. The normalized spacial score (nSPS) is 14.9. The smallest absolute Gasteiger partial charge is 0.255 e. The van der Waals surface area contributed by atoms with Crippen molar-refractivity contribution in [3.8, 4) is 11.1 Å². The average Bonchev–Trinajstić information content (AvgIpc) is 3.21. The first kappa shape index (κ1) is 19.5. The summed E-state index contributed by atoms with van der Waals surface area (Å²) < 4.78 is 17.0. The third kappa shape index (κ3) is 2.97. The molecule has 0 radical (unpaired) electrons. The third-order valence-corrected chi connectivity index (χ3v) is 6.30. The van der Waals surface area contributed by atoms with Gasteiger partial charge in [-0.15, -0.1) is 0 Å². The van der Waals surface area contributed by atoms with Crippen molar-refractivity contribution in [3.05, 3.63) is 83.1 Å². The summed E-state index contributed by atoms with van der Waals surface area (Å²) >= 11 is 0. The highest BCUT2D eigenvalue weighted by atomic mass is 19.1. The molecule has 0 saturated heterocycles. The van der Waals surface area contributed by atoms with E-state index < -0.39 is 5.34 Å². The van der Waals surface area contributed by atoms with Gasteiger partial charge in [-0.2, -0.15) is 5.10 Å². The van der Waals surface area contributed by atoms with Crippen molar-refractivity contribution in [3.63, 3.8) is 0 Å². The van der Waals surface area contributed by atoms with E-state index in [1.165, 1.54) is 0 Å². The van der Waals surface area contributed by atoms with E-state index in [1.54, 1.807) is 40.0 Å². The fraction of sp³-hybridized carbons (Fsp3) is 0.174. The van der Waals surface area contributed by atoms with Gasteiger partial charge in [0.2, 0.25) is 0 Å². The van der Waals surface area contributed by atoms with E-state index in [0.717, 1.165) is 33.3 Å². The van der Waals surface area contributed by atoms with Crippen LogP contribution in [0, 0.1) is 12.7 Å². The molecule has 1 aliphatic rings. The van der Waals surface area contributed by atoms with Gasteiger partial charge in [-0.3, -0.25) is 14.5 Å². The van der Waals surface area contributed by atoms with Crippen molar-refractivity contribution in [2.24, 2.45) is 7.05 Å². The molecule has 0 atom stereocenters. The quantitative estimate of drug-likeness (QED) is 0.487. The molecule has 5 rings (SSSR count). The number of hydrogen-bond donors (Lipinski definition) is 0. The maximum Gasteiger partial charge on any atom is 0.255 e. The molecule has 1 aliphatic heterocycles. The molecule has 0 spiro atoms. The SMILES string of the molecule is BC1(B)c2ncccc2C(=O)N1Cc1ccc(-c2ccc3nn(C)cc3c2C)cc1F. The second-order valence-corrected chi connectivity index (χ2v) is 8.63. The monoisotopic (exact) mass is 410 g/mol. The van der Waals surface area contributed by atoms with Gasteiger partial charge in [0.1, 0.15) is 21.5 Å². The molecular weight excluding hydrogens is 389 g/mol. The van der Waals surface area contributed by atoms with Gasteiger partial charge in [0.15, 0.2) is 0 Å². The average molecular weight is 410 g/mol. The van der Waals surface area contributed by atoms with Crippen LogP contribution in [0.25, 0.3) is 22.0 Å². The molecule has 4 aromatic rings. The summed E-state index contributed by atoms with van der Waals surface area (Å²) in [4.78, 5) is 19.0. The summed E-state index contributed by atoms with van der Waals surface area (Å²) in [5, 5.41) is 4.89. The number of benzene rings is 2. The lowest BCUT2D eigenvalue weighted by atomic mass is 9.59. The Bertz CT molecular complexity index is 1370. The molecule has 31 heavy (non-hydrogen) atoms. The zero-order valence-electron chi connectivity index (χ0n) is 18.0. The first-order valence-corrected chi connectivity index (χ1v) is 10.3. The molecule has 1 amide bonds. The Labute approximate surface area is 181 Å². The van der Waals surface area contributed by atoms with Gasteiger partial charge in [0, 0.05) is 42.3 Å². The van der Waals surface area contributed by atoms with E-state index in [2.05, 4.69) is 10.1 Å². The third-order valence-electron chi connectivity index (χ3n) is 6.30. The molecular formula is C23H21B2FN4O. The van der Waals surface area contributed by atoms with E-state index >= 15 is 4.39 Å².